The maximum atomic E-state index is 4.66. The van der Waals surface area contributed by atoms with Crippen molar-refractivity contribution in [3.8, 4) is 0 Å². The Balaban J connectivity index is 2.02. The standard InChI is InChI=1S/C16H29N3/c1-6-13-10-14(19(7-2)18-13)11-16(8-9-16)12-17-15(3,4)5/h10,17H,6-9,11-12H2,1-5H3. The Morgan fingerprint density at radius 3 is 2.47 bits per heavy atom. The minimum atomic E-state index is 0.217. The lowest BCUT2D eigenvalue weighted by Gasteiger charge is -2.25. The summed E-state index contributed by atoms with van der Waals surface area (Å²) in [6.07, 6.45) is 4.92. The van der Waals surface area contributed by atoms with Crippen LogP contribution in [-0.2, 0) is 19.4 Å². The third kappa shape index (κ3) is 3.82. The number of rotatable bonds is 6. The second-order valence-electron chi connectivity index (χ2n) is 7.08. The van der Waals surface area contributed by atoms with Crippen LogP contribution in [0.25, 0.3) is 0 Å². The van der Waals surface area contributed by atoms with Crippen molar-refractivity contribution >= 4 is 0 Å². The van der Waals surface area contributed by atoms with Gasteiger partial charge in [0.15, 0.2) is 0 Å². The van der Waals surface area contributed by atoms with E-state index in [-0.39, 0.29) is 5.54 Å². The first kappa shape index (κ1) is 14.6. The Hall–Kier alpha value is -0.830. The van der Waals surface area contributed by atoms with Crippen molar-refractivity contribution in [1.82, 2.24) is 15.1 Å². The van der Waals surface area contributed by atoms with E-state index in [1.165, 1.54) is 30.7 Å². The summed E-state index contributed by atoms with van der Waals surface area (Å²) in [6, 6.07) is 2.31. The van der Waals surface area contributed by atoms with Crippen LogP contribution < -0.4 is 5.32 Å². The normalized spacial score (nSPS) is 17.7. The number of hydrogen-bond donors (Lipinski definition) is 1. The molecule has 0 radical (unpaired) electrons. The van der Waals surface area contributed by atoms with Gasteiger partial charge in [-0.05, 0) is 64.9 Å². The molecule has 0 aliphatic heterocycles. The zero-order valence-corrected chi connectivity index (χ0v) is 13.2. The highest BCUT2D eigenvalue weighted by molar-refractivity contribution is 5.15. The number of aryl methyl sites for hydroxylation is 2. The molecule has 1 aromatic heterocycles. The highest BCUT2D eigenvalue weighted by atomic mass is 15.3. The van der Waals surface area contributed by atoms with Gasteiger partial charge in [0.2, 0.25) is 0 Å². The summed E-state index contributed by atoms with van der Waals surface area (Å²) in [6.45, 7) is 13.2. The molecule has 0 atom stereocenters. The summed E-state index contributed by atoms with van der Waals surface area (Å²) >= 11 is 0. The Bertz CT molecular complexity index is 422. The first-order valence-electron chi connectivity index (χ1n) is 7.68. The predicted molar refractivity (Wildman–Crippen MR) is 80.4 cm³/mol. The number of aromatic nitrogens is 2. The molecule has 1 aromatic rings. The van der Waals surface area contributed by atoms with Crippen LogP contribution in [0.3, 0.4) is 0 Å². The molecule has 3 heteroatoms. The number of nitrogens with zero attached hydrogens (tertiary/aromatic N) is 2. The van der Waals surface area contributed by atoms with Gasteiger partial charge >= 0.3 is 0 Å². The first-order chi connectivity index (χ1) is 8.87. The smallest absolute Gasteiger partial charge is 0.0624 e. The lowest BCUT2D eigenvalue weighted by molar-refractivity contribution is 0.351. The summed E-state index contributed by atoms with van der Waals surface area (Å²) in [7, 11) is 0. The molecule has 0 saturated heterocycles. The molecule has 0 spiro atoms. The van der Waals surface area contributed by atoms with Crippen LogP contribution in [0.2, 0.25) is 0 Å². The molecule has 19 heavy (non-hydrogen) atoms. The van der Waals surface area contributed by atoms with Gasteiger partial charge in [-0.15, -0.1) is 0 Å². The Labute approximate surface area is 117 Å². The molecular formula is C16H29N3. The molecule has 108 valence electrons. The molecule has 1 heterocycles. The van der Waals surface area contributed by atoms with Crippen molar-refractivity contribution in [2.75, 3.05) is 6.54 Å². The molecule has 3 nitrogen and oxygen atoms in total. The molecule has 1 N–H and O–H groups in total. The van der Waals surface area contributed by atoms with Gasteiger partial charge in [0.25, 0.3) is 0 Å². The van der Waals surface area contributed by atoms with E-state index in [9.17, 15) is 0 Å². The van der Waals surface area contributed by atoms with Gasteiger partial charge in [-0.1, -0.05) is 6.92 Å². The SMILES string of the molecule is CCc1cc(CC2(CNC(C)(C)C)CC2)n(CC)n1. The van der Waals surface area contributed by atoms with Crippen LogP contribution in [0.4, 0.5) is 0 Å². The lowest BCUT2D eigenvalue weighted by Crippen LogP contribution is -2.40. The molecule has 1 aliphatic rings. The van der Waals surface area contributed by atoms with Crippen LogP contribution in [0.1, 0.15) is 58.8 Å². The van der Waals surface area contributed by atoms with E-state index in [0.717, 1.165) is 19.5 Å². The molecule has 2 rings (SSSR count). The van der Waals surface area contributed by atoms with Crippen molar-refractivity contribution < 1.29 is 0 Å². The summed E-state index contributed by atoms with van der Waals surface area (Å²) < 4.78 is 2.19. The summed E-state index contributed by atoms with van der Waals surface area (Å²) in [4.78, 5) is 0. The fraction of sp³-hybridized carbons (Fsp3) is 0.812. The first-order valence-corrected chi connectivity index (χ1v) is 7.68. The maximum Gasteiger partial charge on any atom is 0.0624 e. The van der Waals surface area contributed by atoms with Gasteiger partial charge in [-0.3, -0.25) is 4.68 Å². The Kier molecular flexibility index (Phi) is 4.05. The van der Waals surface area contributed by atoms with Crippen LogP contribution in [-0.4, -0.2) is 21.9 Å². The van der Waals surface area contributed by atoms with E-state index < -0.39 is 0 Å². The molecule has 0 bridgehead atoms. The average Bonchev–Trinajstić information content (AvgIpc) is 2.99. The number of nitrogens with one attached hydrogen (secondary N) is 1. The van der Waals surface area contributed by atoms with Crippen molar-refractivity contribution in [1.29, 1.82) is 0 Å². The van der Waals surface area contributed by atoms with E-state index in [1.807, 2.05) is 0 Å². The van der Waals surface area contributed by atoms with Crippen LogP contribution in [0.15, 0.2) is 6.07 Å². The summed E-state index contributed by atoms with van der Waals surface area (Å²) in [5.41, 5.74) is 3.37. The van der Waals surface area contributed by atoms with Crippen molar-refractivity contribution in [2.24, 2.45) is 5.41 Å². The highest BCUT2D eigenvalue weighted by Gasteiger charge is 2.43. The monoisotopic (exact) mass is 263 g/mol. The van der Waals surface area contributed by atoms with E-state index in [4.69, 9.17) is 0 Å². The van der Waals surface area contributed by atoms with Gasteiger partial charge in [-0.2, -0.15) is 5.10 Å². The zero-order chi connectivity index (χ0) is 14.1. The van der Waals surface area contributed by atoms with Gasteiger partial charge in [0.1, 0.15) is 0 Å². The third-order valence-corrected chi connectivity index (χ3v) is 4.08. The van der Waals surface area contributed by atoms with Gasteiger partial charge in [-0.25, -0.2) is 0 Å². The molecule has 1 aliphatic carbocycles. The second-order valence-corrected chi connectivity index (χ2v) is 7.08. The Morgan fingerprint density at radius 2 is 2.00 bits per heavy atom. The summed E-state index contributed by atoms with van der Waals surface area (Å²) in [5, 5.41) is 8.34. The van der Waals surface area contributed by atoms with Gasteiger partial charge < -0.3 is 5.32 Å². The maximum absolute atomic E-state index is 4.66. The largest absolute Gasteiger partial charge is 0.312 e. The van der Waals surface area contributed by atoms with Crippen molar-refractivity contribution in [3.63, 3.8) is 0 Å². The van der Waals surface area contributed by atoms with Crippen LogP contribution in [0.5, 0.6) is 0 Å². The van der Waals surface area contributed by atoms with Gasteiger partial charge in [0, 0.05) is 24.3 Å². The van der Waals surface area contributed by atoms with Crippen molar-refractivity contribution in [2.45, 2.75) is 72.4 Å². The quantitative estimate of drug-likeness (QED) is 0.854. The molecule has 1 saturated carbocycles. The van der Waals surface area contributed by atoms with Crippen molar-refractivity contribution in [3.05, 3.63) is 17.5 Å². The number of hydrogen-bond acceptors (Lipinski definition) is 2. The van der Waals surface area contributed by atoms with Crippen LogP contribution in [0, 0.1) is 5.41 Å². The van der Waals surface area contributed by atoms with Crippen LogP contribution >= 0.6 is 0 Å². The molecule has 1 fully saturated rings. The fourth-order valence-corrected chi connectivity index (χ4v) is 2.53. The third-order valence-electron chi connectivity index (χ3n) is 4.08. The fourth-order valence-electron chi connectivity index (χ4n) is 2.53. The van der Waals surface area contributed by atoms with E-state index in [1.54, 1.807) is 0 Å². The summed E-state index contributed by atoms with van der Waals surface area (Å²) in [5.74, 6) is 0. The van der Waals surface area contributed by atoms with E-state index in [2.05, 4.69) is 55.8 Å². The zero-order valence-electron chi connectivity index (χ0n) is 13.2. The molecule has 0 amide bonds. The molecular weight excluding hydrogens is 234 g/mol. The average molecular weight is 263 g/mol. The minimum Gasteiger partial charge on any atom is -0.312 e. The highest BCUT2D eigenvalue weighted by Crippen LogP contribution is 2.48. The second kappa shape index (κ2) is 5.28. The van der Waals surface area contributed by atoms with E-state index in [0.29, 0.717) is 5.41 Å². The Morgan fingerprint density at radius 1 is 1.32 bits per heavy atom. The topological polar surface area (TPSA) is 29.9 Å². The molecule has 0 unspecified atom stereocenters. The van der Waals surface area contributed by atoms with Gasteiger partial charge in [0.05, 0.1) is 5.69 Å². The lowest BCUT2D eigenvalue weighted by atomic mass is 9.97. The van der Waals surface area contributed by atoms with E-state index >= 15 is 0 Å². The predicted octanol–water partition coefficient (Wildman–Crippen LogP) is 3.18. The molecule has 0 aromatic carbocycles. The minimum absolute atomic E-state index is 0.217.